The third kappa shape index (κ3) is 4.16. The Bertz CT molecular complexity index is 1170. The average molecular weight is 517 g/mol. The minimum absolute atomic E-state index is 0.0534. The van der Waals surface area contributed by atoms with E-state index in [1.54, 1.807) is 6.20 Å². The van der Waals surface area contributed by atoms with Gasteiger partial charge in [0.15, 0.2) is 0 Å². The number of rotatable bonds is 6. The van der Waals surface area contributed by atoms with E-state index in [-0.39, 0.29) is 23.8 Å². The quantitative estimate of drug-likeness (QED) is 0.618. The standard InChI is InChI=1S/C27H34ClFN4O3/c1-3-36-19-11-27(12-19)13-20(27)25(34)31-24-10-17-9-22(21(28)8-18(17)14-30-24)32-4-6-33(7-5-32)26(2)16-35-15-23(26)29/h8-10,14,19-20,23H,3-7,11-13,15-16H2,1-2H3,(H,30,31,34)/t19?,20-,23+,26-,27?/m1/s1. The Morgan fingerprint density at radius 2 is 2.00 bits per heavy atom. The number of benzene rings is 1. The van der Waals surface area contributed by atoms with E-state index in [1.165, 1.54) is 0 Å². The van der Waals surface area contributed by atoms with Crippen molar-refractivity contribution in [1.82, 2.24) is 9.88 Å². The van der Waals surface area contributed by atoms with Gasteiger partial charge in [-0.25, -0.2) is 9.37 Å². The van der Waals surface area contributed by atoms with Gasteiger partial charge in [-0.1, -0.05) is 11.6 Å². The van der Waals surface area contributed by atoms with Gasteiger partial charge in [0.2, 0.25) is 5.91 Å². The van der Waals surface area contributed by atoms with Crippen molar-refractivity contribution in [2.45, 2.75) is 50.9 Å². The van der Waals surface area contributed by atoms with Crippen molar-refractivity contribution in [3.63, 3.8) is 0 Å². The molecule has 194 valence electrons. The number of nitrogens with one attached hydrogen (secondary N) is 1. The van der Waals surface area contributed by atoms with E-state index in [1.807, 2.05) is 26.0 Å². The molecule has 3 heterocycles. The van der Waals surface area contributed by atoms with Crippen molar-refractivity contribution in [1.29, 1.82) is 0 Å². The van der Waals surface area contributed by atoms with Crippen LogP contribution in [-0.2, 0) is 14.3 Å². The number of fused-ring (bicyclic) bond motifs is 1. The minimum atomic E-state index is -0.963. The third-order valence-electron chi connectivity index (χ3n) is 8.89. The predicted molar refractivity (Wildman–Crippen MR) is 138 cm³/mol. The SMILES string of the molecule is CCOC1CC2(C1)C[C@@H]2C(=O)Nc1cc2cc(N3CCN([C@]4(C)COC[C@@H]4F)CC3)c(Cl)cc2cn1. The van der Waals surface area contributed by atoms with Crippen molar-refractivity contribution in [3.8, 4) is 0 Å². The van der Waals surface area contributed by atoms with E-state index in [9.17, 15) is 9.18 Å². The Labute approximate surface area is 216 Å². The number of nitrogens with zero attached hydrogens (tertiary/aromatic N) is 3. The molecule has 1 amide bonds. The monoisotopic (exact) mass is 516 g/mol. The molecule has 4 fully saturated rings. The fourth-order valence-corrected chi connectivity index (χ4v) is 6.73. The molecule has 6 rings (SSSR count). The molecule has 2 aliphatic carbocycles. The molecule has 3 atom stereocenters. The fraction of sp³-hybridized carbons (Fsp3) is 0.630. The molecule has 9 heteroatoms. The zero-order chi connectivity index (χ0) is 25.1. The van der Waals surface area contributed by atoms with Crippen molar-refractivity contribution in [2.75, 3.05) is 56.2 Å². The average Bonchev–Trinajstić information content (AvgIpc) is 3.50. The van der Waals surface area contributed by atoms with Crippen LogP contribution < -0.4 is 10.2 Å². The molecule has 1 N–H and O–H groups in total. The summed E-state index contributed by atoms with van der Waals surface area (Å²) >= 11 is 6.67. The lowest BCUT2D eigenvalue weighted by Crippen LogP contribution is -2.59. The summed E-state index contributed by atoms with van der Waals surface area (Å²) in [5, 5.41) is 5.61. The largest absolute Gasteiger partial charge is 0.378 e. The normalized spacial score (nSPS) is 34.2. The van der Waals surface area contributed by atoms with Crippen LogP contribution in [-0.4, -0.2) is 79.6 Å². The summed E-state index contributed by atoms with van der Waals surface area (Å²) in [6.45, 7) is 8.32. The van der Waals surface area contributed by atoms with Gasteiger partial charge in [0, 0.05) is 50.3 Å². The topological polar surface area (TPSA) is 66.9 Å². The summed E-state index contributed by atoms with van der Waals surface area (Å²) in [5.74, 6) is 0.675. The predicted octanol–water partition coefficient (Wildman–Crippen LogP) is 4.28. The molecule has 2 aromatic rings. The molecule has 0 radical (unpaired) electrons. The molecule has 2 saturated heterocycles. The zero-order valence-corrected chi connectivity index (χ0v) is 21.7. The van der Waals surface area contributed by atoms with E-state index < -0.39 is 11.7 Å². The van der Waals surface area contributed by atoms with Gasteiger partial charge in [-0.05, 0) is 62.1 Å². The maximum Gasteiger partial charge on any atom is 0.229 e. The molecule has 1 aromatic carbocycles. The number of piperazine rings is 1. The fourth-order valence-electron chi connectivity index (χ4n) is 6.43. The number of alkyl halides is 1. The molecule has 0 bridgehead atoms. The molecule has 36 heavy (non-hydrogen) atoms. The highest BCUT2D eigenvalue weighted by molar-refractivity contribution is 6.34. The maximum atomic E-state index is 14.5. The molecular formula is C27H34ClFN4O3. The number of hydrogen-bond donors (Lipinski definition) is 1. The van der Waals surface area contributed by atoms with Gasteiger partial charge in [0.05, 0.1) is 35.6 Å². The molecular weight excluding hydrogens is 483 g/mol. The molecule has 2 saturated carbocycles. The van der Waals surface area contributed by atoms with Gasteiger partial charge in [0.25, 0.3) is 0 Å². The lowest BCUT2D eigenvalue weighted by molar-refractivity contribution is -0.120. The van der Waals surface area contributed by atoms with Crippen molar-refractivity contribution in [3.05, 3.63) is 29.4 Å². The van der Waals surface area contributed by atoms with Crippen LogP contribution in [0.25, 0.3) is 10.8 Å². The maximum absolute atomic E-state index is 14.5. The lowest BCUT2D eigenvalue weighted by atomic mass is 9.77. The molecule has 2 aliphatic heterocycles. The van der Waals surface area contributed by atoms with E-state index >= 15 is 0 Å². The summed E-state index contributed by atoms with van der Waals surface area (Å²) in [4.78, 5) is 21.8. The number of aromatic nitrogens is 1. The first kappa shape index (κ1) is 24.3. The number of carbonyl (C=O) groups is 1. The number of anilines is 2. The van der Waals surface area contributed by atoms with Crippen molar-refractivity contribution < 1.29 is 18.7 Å². The van der Waals surface area contributed by atoms with E-state index in [0.29, 0.717) is 23.6 Å². The van der Waals surface area contributed by atoms with Crippen LogP contribution >= 0.6 is 11.6 Å². The summed E-state index contributed by atoms with van der Waals surface area (Å²) < 4.78 is 25.5. The summed E-state index contributed by atoms with van der Waals surface area (Å²) in [6.07, 6.45) is 4.02. The van der Waals surface area contributed by atoms with Gasteiger partial charge in [-0.3, -0.25) is 9.69 Å². The highest BCUT2D eigenvalue weighted by Crippen LogP contribution is 2.66. The minimum Gasteiger partial charge on any atom is -0.378 e. The number of halogens is 2. The first-order chi connectivity index (χ1) is 17.3. The molecule has 1 spiro atoms. The van der Waals surface area contributed by atoms with Crippen LogP contribution in [0.3, 0.4) is 0 Å². The molecule has 0 unspecified atom stereocenters. The summed E-state index contributed by atoms with van der Waals surface area (Å²) in [5.41, 5.74) is 0.546. The van der Waals surface area contributed by atoms with Crippen LogP contribution in [0.4, 0.5) is 15.9 Å². The second-order valence-corrected chi connectivity index (χ2v) is 11.5. The lowest BCUT2D eigenvalue weighted by Gasteiger charge is -2.44. The first-order valence-corrected chi connectivity index (χ1v) is 13.4. The Hall–Kier alpha value is -2.00. The zero-order valence-electron chi connectivity index (χ0n) is 20.9. The molecule has 7 nitrogen and oxygen atoms in total. The Balaban J connectivity index is 1.12. The number of carbonyl (C=O) groups excluding carboxylic acids is 1. The van der Waals surface area contributed by atoms with Gasteiger partial charge in [-0.15, -0.1) is 0 Å². The number of ether oxygens (including phenoxy) is 2. The van der Waals surface area contributed by atoms with E-state index in [2.05, 4.69) is 26.2 Å². The van der Waals surface area contributed by atoms with Crippen LogP contribution in [0.1, 0.15) is 33.1 Å². The highest BCUT2D eigenvalue weighted by atomic mass is 35.5. The van der Waals surface area contributed by atoms with E-state index in [4.69, 9.17) is 21.1 Å². The first-order valence-electron chi connectivity index (χ1n) is 13.0. The van der Waals surface area contributed by atoms with Crippen LogP contribution in [0.2, 0.25) is 5.02 Å². The van der Waals surface area contributed by atoms with Gasteiger partial charge >= 0.3 is 0 Å². The molecule has 1 aromatic heterocycles. The van der Waals surface area contributed by atoms with Gasteiger partial charge < -0.3 is 19.7 Å². The number of amides is 1. The van der Waals surface area contributed by atoms with Crippen LogP contribution in [0.15, 0.2) is 24.4 Å². The highest BCUT2D eigenvalue weighted by Gasteiger charge is 2.64. The smallest absolute Gasteiger partial charge is 0.229 e. The van der Waals surface area contributed by atoms with Crippen LogP contribution in [0, 0.1) is 11.3 Å². The van der Waals surface area contributed by atoms with Gasteiger partial charge in [-0.2, -0.15) is 0 Å². The summed E-state index contributed by atoms with van der Waals surface area (Å²) in [6, 6.07) is 5.92. The Morgan fingerprint density at radius 3 is 2.69 bits per heavy atom. The Morgan fingerprint density at radius 1 is 1.22 bits per heavy atom. The number of hydrogen-bond acceptors (Lipinski definition) is 6. The third-order valence-corrected chi connectivity index (χ3v) is 9.19. The second kappa shape index (κ2) is 9.08. The summed E-state index contributed by atoms with van der Waals surface area (Å²) in [7, 11) is 0. The van der Waals surface area contributed by atoms with E-state index in [0.717, 1.165) is 68.5 Å². The second-order valence-electron chi connectivity index (χ2n) is 11.1. The molecule has 4 aliphatic rings. The van der Waals surface area contributed by atoms with Crippen molar-refractivity contribution >= 4 is 39.8 Å². The Kier molecular flexibility index (Phi) is 6.14. The number of pyridine rings is 1. The van der Waals surface area contributed by atoms with Gasteiger partial charge in [0.1, 0.15) is 12.0 Å². The van der Waals surface area contributed by atoms with Crippen LogP contribution in [0.5, 0.6) is 0 Å². The van der Waals surface area contributed by atoms with Crippen molar-refractivity contribution in [2.24, 2.45) is 11.3 Å².